The Morgan fingerprint density at radius 3 is 2.90 bits per heavy atom. The second kappa shape index (κ2) is 6.18. The quantitative estimate of drug-likeness (QED) is 0.696. The Hall–Kier alpha value is -1.36. The Kier molecular flexibility index (Phi) is 4.29. The van der Waals surface area contributed by atoms with Crippen LogP contribution in [0.3, 0.4) is 0 Å². The van der Waals surface area contributed by atoms with E-state index in [1.54, 1.807) is 0 Å². The van der Waals surface area contributed by atoms with Crippen molar-refractivity contribution >= 4 is 38.6 Å². The molecule has 3 rings (SSSR count). The van der Waals surface area contributed by atoms with E-state index in [-0.39, 0.29) is 6.04 Å². The van der Waals surface area contributed by atoms with E-state index in [2.05, 4.69) is 38.1 Å². The van der Waals surface area contributed by atoms with Gasteiger partial charge in [0, 0.05) is 16.0 Å². The number of para-hydroxylation sites is 2. The number of aromatic amines is 1. The Balaban J connectivity index is 1.74. The molecule has 5 heteroatoms. The summed E-state index contributed by atoms with van der Waals surface area (Å²) in [5.74, 6) is 0.933. The third kappa shape index (κ3) is 3.28. The van der Waals surface area contributed by atoms with Crippen molar-refractivity contribution in [2.45, 2.75) is 19.5 Å². The molecule has 21 heavy (non-hydrogen) atoms. The number of benzene rings is 2. The maximum atomic E-state index is 6.21. The van der Waals surface area contributed by atoms with Gasteiger partial charge >= 0.3 is 0 Å². The van der Waals surface area contributed by atoms with Crippen LogP contribution in [0.1, 0.15) is 24.4 Å². The molecule has 1 atom stereocenters. The van der Waals surface area contributed by atoms with E-state index in [4.69, 9.17) is 11.6 Å². The van der Waals surface area contributed by atoms with Crippen LogP contribution in [0, 0.1) is 0 Å². The highest BCUT2D eigenvalue weighted by Gasteiger charge is 2.11. The molecular weight excluding hydrogens is 350 g/mol. The van der Waals surface area contributed by atoms with Crippen molar-refractivity contribution in [1.29, 1.82) is 0 Å². The fraction of sp³-hybridized carbons (Fsp3) is 0.188. The van der Waals surface area contributed by atoms with Crippen molar-refractivity contribution in [3.8, 4) is 0 Å². The summed E-state index contributed by atoms with van der Waals surface area (Å²) < 4.78 is 1.03. The molecule has 0 aliphatic heterocycles. The van der Waals surface area contributed by atoms with Crippen molar-refractivity contribution < 1.29 is 0 Å². The topological polar surface area (TPSA) is 40.7 Å². The molecular formula is C16H15BrClN3. The fourth-order valence-electron chi connectivity index (χ4n) is 2.22. The Bertz CT molecular complexity index is 736. The number of fused-ring (bicyclic) bond motifs is 1. The molecule has 0 aliphatic rings. The lowest BCUT2D eigenvalue weighted by Crippen LogP contribution is -2.19. The lowest BCUT2D eigenvalue weighted by atomic mass is 10.2. The zero-order valence-electron chi connectivity index (χ0n) is 11.5. The molecule has 1 unspecified atom stereocenters. The van der Waals surface area contributed by atoms with Gasteiger partial charge < -0.3 is 10.3 Å². The lowest BCUT2D eigenvalue weighted by Gasteiger charge is -2.12. The van der Waals surface area contributed by atoms with Gasteiger partial charge in [-0.3, -0.25) is 0 Å². The van der Waals surface area contributed by atoms with Crippen LogP contribution >= 0.6 is 27.5 Å². The Morgan fingerprint density at radius 2 is 2.10 bits per heavy atom. The molecule has 2 N–H and O–H groups in total. The molecule has 1 heterocycles. The predicted octanol–water partition coefficient (Wildman–Crippen LogP) is 4.83. The van der Waals surface area contributed by atoms with Crippen molar-refractivity contribution in [2.24, 2.45) is 0 Å². The molecule has 0 amide bonds. The SMILES string of the molecule is CC(NCc1cc(Br)ccc1Cl)c1nc2ccccc2[nH]1. The molecule has 3 aromatic rings. The fourth-order valence-corrected chi connectivity index (χ4v) is 2.81. The number of H-pyrrole nitrogens is 1. The summed E-state index contributed by atoms with van der Waals surface area (Å²) in [5.41, 5.74) is 3.11. The minimum absolute atomic E-state index is 0.118. The summed E-state index contributed by atoms with van der Waals surface area (Å²) in [6, 6.07) is 14.0. The number of hydrogen-bond acceptors (Lipinski definition) is 2. The van der Waals surface area contributed by atoms with Crippen molar-refractivity contribution in [3.05, 3.63) is 63.3 Å². The summed E-state index contributed by atoms with van der Waals surface area (Å²) in [5, 5.41) is 4.21. The van der Waals surface area contributed by atoms with Gasteiger partial charge in [0.15, 0.2) is 0 Å². The first-order chi connectivity index (χ1) is 10.1. The maximum absolute atomic E-state index is 6.21. The average Bonchev–Trinajstić information content (AvgIpc) is 2.92. The van der Waals surface area contributed by atoms with E-state index in [9.17, 15) is 0 Å². The van der Waals surface area contributed by atoms with Crippen LogP contribution in [-0.4, -0.2) is 9.97 Å². The van der Waals surface area contributed by atoms with Crippen LogP contribution in [0.25, 0.3) is 11.0 Å². The molecule has 0 saturated carbocycles. The van der Waals surface area contributed by atoms with Crippen LogP contribution in [0.5, 0.6) is 0 Å². The number of nitrogens with one attached hydrogen (secondary N) is 2. The Labute approximate surface area is 136 Å². The van der Waals surface area contributed by atoms with Gasteiger partial charge in [0.2, 0.25) is 0 Å². The summed E-state index contributed by atoms with van der Waals surface area (Å²) in [4.78, 5) is 7.95. The minimum atomic E-state index is 0.118. The minimum Gasteiger partial charge on any atom is -0.341 e. The highest BCUT2D eigenvalue weighted by atomic mass is 79.9. The molecule has 0 saturated heterocycles. The van der Waals surface area contributed by atoms with E-state index in [0.29, 0.717) is 6.54 Å². The van der Waals surface area contributed by atoms with Crippen molar-refractivity contribution in [2.75, 3.05) is 0 Å². The van der Waals surface area contributed by atoms with Gasteiger partial charge in [0.1, 0.15) is 5.82 Å². The van der Waals surface area contributed by atoms with Gasteiger partial charge in [-0.05, 0) is 42.8 Å². The number of halogens is 2. The maximum Gasteiger partial charge on any atom is 0.124 e. The normalized spacial score (nSPS) is 12.7. The molecule has 0 spiro atoms. The van der Waals surface area contributed by atoms with E-state index in [1.165, 1.54) is 0 Å². The van der Waals surface area contributed by atoms with Gasteiger partial charge in [0.05, 0.1) is 17.1 Å². The van der Waals surface area contributed by atoms with Crippen molar-refractivity contribution in [1.82, 2.24) is 15.3 Å². The third-order valence-corrected chi connectivity index (χ3v) is 4.29. The highest BCUT2D eigenvalue weighted by Crippen LogP contribution is 2.22. The number of imidazole rings is 1. The summed E-state index contributed by atoms with van der Waals surface area (Å²) in [6.45, 7) is 2.78. The first-order valence-electron chi connectivity index (χ1n) is 6.75. The zero-order valence-corrected chi connectivity index (χ0v) is 13.9. The van der Waals surface area contributed by atoms with Gasteiger partial charge in [-0.1, -0.05) is 39.7 Å². The number of hydrogen-bond donors (Lipinski definition) is 2. The van der Waals surface area contributed by atoms with Crippen LogP contribution in [0.2, 0.25) is 5.02 Å². The van der Waals surface area contributed by atoms with E-state index in [1.807, 2.05) is 42.5 Å². The van der Waals surface area contributed by atoms with Crippen LogP contribution in [0.4, 0.5) is 0 Å². The molecule has 1 aromatic heterocycles. The van der Waals surface area contributed by atoms with Gasteiger partial charge in [-0.2, -0.15) is 0 Å². The van der Waals surface area contributed by atoms with Crippen LogP contribution in [-0.2, 0) is 6.54 Å². The molecule has 0 bridgehead atoms. The smallest absolute Gasteiger partial charge is 0.124 e. The largest absolute Gasteiger partial charge is 0.341 e. The molecule has 0 aliphatic carbocycles. The zero-order chi connectivity index (χ0) is 14.8. The summed E-state index contributed by atoms with van der Waals surface area (Å²) in [7, 11) is 0. The number of rotatable bonds is 4. The van der Waals surface area contributed by atoms with Gasteiger partial charge in [-0.15, -0.1) is 0 Å². The lowest BCUT2D eigenvalue weighted by molar-refractivity contribution is 0.552. The van der Waals surface area contributed by atoms with Gasteiger partial charge in [0.25, 0.3) is 0 Å². The monoisotopic (exact) mass is 363 g/mol. The number of nitrogens with zero attached hydrogens (tertiary/aromatic N) is 1. The second-order valence-corrected chi connectivity index (χ2v) is 6.30. The number of aromatic nitrogens is 2. The van der Waals surface area contributed by atoms with E-state index < -0.39 is 0 Å². The Morgan fingerprint density at radius 1 is 1.29 bits per heavy atom. The summed E-state index contributed by atoms with van der Waals surface area (Å²) in [6.07, 6.45) is 0. The van der Waals surface area contributed by atoms with Gasteiger partial charge in [-0.25, -0.2) is 4.98 Å². The molecule has 0 radical (unpaired) electrons. The third-order valence-electron chi connectivity index (χ3n) is 3.42. The van der Waals surface area contributed by atoms with Crippen LogP contribution < -0.4 is 5.32 Å². The molecule has 3 nitrogen and oxygen atoms in total. The summed E-state index contributed by atoms with van der Waals surface area (Å²) >= 11 is 9.67. The second-order valence-electron chi connectivity index (χ2n) is 4.98. The molecule has 108 valence electrons. The standard InChI is InChI=1S/C16H15BrClN3/c1-10(16-20-14-4-2-3-5-15(14)21-16)19-9-11-8-12(17)6-7-13(11)18/h2-8,10,19H,9H2,1H3,(H,20,21). The highest BCUT2D eigenvalue weighted by molar-refractivity contribution is 9.10. The van der Waals surface area contributed by atoms with E-state index >= 15 is 0 Å². The average molecular weight is 365 g/mol. The predicted molar refractivity (Wildman–Crippen MR) is 90.5 cm³/mol. The molecule has 2 aromatic carbocycles. The van der Waals surface area contributed by atoms with Crippen molar-refractivity contribution in [3.63, 3.8) is 0 Å². The molecule has 0 fully saturated rings. The van der Waals surface area contributed by atoms with Crippen LogP contribution in [0.15, 0.2) is 46.9 Å². The first kappa shape index (κ1) is 14.6. The first-order valence-corrected chi connectivity index (χ1v) is 7.92. The van der Waals surface area contributed by atoms with E-state index in [0.717, 1.165) is 31.9 Å².